The Morgan fingerprint density at radius 3 is 1.05 bits per heavy atom. The normalized spacial score (nSPS) is 10.9. The minimum atomic E-state index is -1.39. The second-order valence-electron chi connectivity index (χ2n) is 3.52. The first-order valence-electron chi connectivity index (χ1n) is 4.91. The van der Waals surface area contributed by atoms with E-state index in [4.69, 9.17) is 46.4 Å². The SMILES string of the molecule is Fc1nc(F)c(Cl)c(Nc2c(Cl)c(F)nc(F)c2Cl)c1Cl. The highest BCUT2D eigenvalue weighted by Crippen LogP contribution is 2.40. The zero-order valence-electron chi connectivity index (χ0n) is 9.42. The molecule has 0 aliphatic heterocycles. The summed E-state index contributed by atoms with van der Waals surface area (Å²) in [6.45, 7) is 0. The number of pyridine rings is 2. The zero-order valence-corrected chi connectivity index (χ0v) is 12.4. The average Bonchev–Trinajstić information content (AvgIpc) is 2.42. The second-order valence-corrected chi connectivity index (χ2v) is 5.03. The quantitative estimate of drug-likeness (QED) is 0.560. The standard InChI is InChI=1S/C10HCl4F4N3/c11-1-5(2(12)8(16)20-7(1)15)19-6-3(13)9(17)21-10(18)4(6)14/h(H,19,20,21). The Kier molecular flexibility index (Phi) is 4.67. The van der Waals surface area contributed by atoms with Crippen LogP contribution >= 0.6 is 46.4 Å². The molecule has 2 rings (SSSR count). The molecule has 0 saturated heterocycles. The lowest BCUT2D eigenvalue weighted by atomic mass is 10.3. The maximum absolute atomic E-state index is 13.3. The Labute approximate surface area is 134 Å². The molecule has 0 bridgehead atoms. The van der Waals surface area contributed by atoms with Gasteiger partial charge in [-0.3, -0.25) is 0 Å². The molecule has 0 spiro atoms. The second kappa shape index (κ2) is 6.00. The van der Waals surface area contributed by atoms with Gasteiger partial charge in [0.05, 0.1) is 11.4 Å². The maximum atomic E-state index is 13.3. The third kappa shape index (κ3) is 2.96. The van der Waals surface area contributed by atoms with Crippen LogP contribution in [-0.2, 0) is 0 Å². The summed E-state index contributed by atoms with van der Waals surface area (Å²) in [6.07, 6.45) is 0. The van der Waals surface area contributed by atoms with Crippen molar-refractivity contribution in [2.24, 2.45) is 0 Å². The van der Waals surface area contributed by atoms with Crippen molar-refractivity contribution in [2.45, 2.75) is 0 Å². The van der Waals surface area contributed by atoms with E-state index in [9.17, 15) is 17.6 Å². The molecule has 0 atom stereocenters. The van der Waals surface area contributed by atoms with E-state index in [-0.39, 0.29) is 0 Å². The van der Waals surface area contributed by atoms with E-state index in [1.54, 1.807) is 0 Å². The zero-order chi connectivity index (χ0) is 15.9. The summed E-state index contributed by atoms with van der Waals surface area (Å²) in [6, 6.07) is 0. The van der Waals surface area contributed by atoms with Crippen molar-refractivity contribution in [1.82, 2.24) is 9.97 Å². The van der Waals surface area contributed by atoms with Gasteiger partial charge in [0.15, 0.2) is 0 Å². The van der Waals surface area contributed by atoms with Crippen LogP contribution in [0.15, 0.2) is 0 Å². The van der Waals surface area contributed by atoms with Crippen LogP contribution in [0.2, 0.25) is 20.1 Å². The Hall–Kier alpha value is -1.02. The van der Waals surface area contributed by atoms with Gasteiger partial charge >= 0.3 is 0 Å². The molecule has 2 heterocycles. The van der Waals surface area contributed by atoms with Gasteiger partial charge in [0.25, 0.3) is 0 Å². The lowest BCUT2D eigenvalue weighted by molar-refractivity contribution is 0.514. The molecule has 11 heteroatoms. The molecule has 3 nitrogen and oxygen atoms in total. The monoisotopic (exact) mass is 379 g/mol. The van der Waals surface area contributed by atoms with Gasteiger partial charge in [0.2, 0.25) is 23.8 Å². The van der Waals surface area contributed by atoms with E-state index in [1.165, 1.54) is 0 Å². The summed E-state index contributed by atoms with van der Waals surface area (Å²) in [5.41, 5.74) is -1.09. The van der Waals surface area contributed by atoms with Crippen LogP contribution in [-0.4, -0.2) is 9.97 Å². The number of aromatic nitrogens is 2. The Morgan fingerprint density at radius 2 is 0.810 bits per heavy atom. The minimum absolute atomic E-state index is 0.544. The van der Waals surface area contributed by atoms with Crippen LogP contribution in [0.3, 0.4) is 0 Å². The topological polar surface area (TPSA) is 37.8 Å². The van der Waals surface area contributed by atoms with Crippen molar-refractivity contribution in [3.63, 3.8) is 0 Å². The lowest BCUT2D eigenvalue weighted by Gasteiger charge is -2.14. The van der Waals surface area contributed by atoms with Gasteiger partial charge in [-0.25, -0.2) is 0 Å². The molecule has 0 aliphatic rings. The van der Waals surface area contributed by atoms with Crippen molar-refractivity contribution in [1.29, 1.82) is 0 Å². The summed E-state index contributed by atoms with van der Waals surface area (Å²) in [4.78, 5) is 5.58. The Bertz CT molecular complexity index is 627. The number of hydrogen-bond acceptors (Lipinski definition) is 3. The fourth-order valence-electron chi connectivity index (χ4n) is 1.32. The van der Waals surface area contributed by atoms with Crippen LogP contribution < -0.4 is 5.32 Å². The number of nitrogens with one attached hydrogen (secondary N) is 1. The third-order valence-electron chi connectivity index (χ3n) is 2.25. The fraction of sp³-hybridized carbons (Fsp3) is 0. The maximum Gasteiger partial charge on any atom is 0.236 e. The largest absolute Gasteiger partial charge is 0.350 e. The first-order valence-corrected chi connectivity index (χ1v) is 6.42. The Morgan fingerprint density at radius 1 is 0.571 bits per heavy atom. The molecule has 0 radical (unpaired) electrons. The molecule has 1 N–H and O–H groups in total. The van der Waals surface area contributed by atoms with Gasteiger partial charge in [0, 0.05) is 0 Å². The summed E-state index contributed by atoms with van der Waals surface area (Å²) in [5.74, 6) is -5.54. The van der Waals surface area contributed by atoms with Gasteiger partial charge in [-0.05, 0) is 0 Å². The molecule has 2 aromatic heterocycles. The van der Waals surface area contributed by atoms with E-state index in [0.29, 0.717) is 0 Å². The smallest absolute Gasteiger partial charge is 0.236 e. The first-order chi connectivity index (χ1) is 9.73. The molecular weight excluding hydrogens is 380 g/mol. The minimum Gasteiger partial charge on any atom is -0.350 e. The van der Waals surface area contributed by atoms with E-state index in [2.05, 4.69) is 15.3 Å². The molecule has 0 saturated carbocycles. The van der Waals surface area contributed by atoms with E-state index >= 15 is 0 Å². The molecule has 2 aromatic rings. The van der Waals surface area contributed by atoms with Crippen molar-refractivity contribution >= 4 is 57.8 Å². The third-order valence-corrected chi connectivity index (χ3v) is 3.62. The van der Waals surface area contributed by atoms with Gasteiger partial charge in [-0.2, -0.15) is 27.5 Å². The number of anilines is 2. The van der Waals surface area contributed by atoms with Crippen molar-refractivity contribution < 1.29 is 17.6 Å². The molecule has 0 unspecified atom stereocenters. The summed E-state index contributed by atoms with van der Waals surface area (Å²) in [5, 5.41) is -0.693. The summed E-state index contributed by atoms with van der Waals surface area (Å²) < 4.78 is 53.1. The predicted octanol–water partition coefficient (Wildman–Crippen LogP) is 5.39. The highest BCUT2D eigenvalue weighted by Gasteiger charge is 2.23. The molecule has 21 heavy (non-hydrogen) atoms. The van der Waals surface area contributed by atoms with Crippen LogP contribution in [0, 0.1) is 23.8 Å². The number of rotatable bonds is 2. The molecular formula is C10HCl4F4N3. The van der Waals surface area contributed by atoms with Crippen LogP contribution in [0.5, 0.6) is 0 Å². The highest BCUT2D eigenvalue weighted by atomic mass is 35.5. The van der Waals surface area contributed by atoms with Crippen molar-refractivity contribution in [3.05, 3.63) is 43.9 Å². The van der Waals surface area contributed by atoms with Gasteiger partial charge < -0.3 is 5.32 Å². The van der Waals surface area contributed by atoms with Gasteiger partial charge in [-0.15, -0.1) is 0 Å². The number of halogens is 8. The van der Waals surface area contributed by atoms with E-state index in [1.807, 2.05) is 0 Å². The molecule has 0 amide bonds. The van der Waals surface area contributed by atoms with Crippen LogP contribution in [0.1, 0.15) is 0 Å². The summed E-state index contributed by atoms with van der Waals surface area (Å²) in [7, 11) is 0. The Balaban J connectivity index is 2.64. The number of nitrogens with zero attached hydrogens (tertiary/aromatic N) is 2. The summed E-state index contributed by atoms with van der Waals surface area (Å²) >= 11 is 22.3. The molecule has 112 valence electrons. The van der Waals surface area contributed by atoms with Gasteiger partial charge in [-0.1, -0.05) is 46.4 Å². The highest BCUT2D eigenvalue weighted by molar-refractivity contribution is 6.41. The molecule has 0 aliphatic carbocycles. The fourth-order valence-corrected chi connectivity index (χ4v) is 2.15. The molecule has 0 fully saturated rings. The van der Waals surface area contributed by atoms with Crippen molar-refractivity contribution in [3.8, 4) is 0 Å². The van der Waals surface area contributed by atoms with Gasteiger partial charge in [0.1, 0.15) is 20.1 Å². The van der Waals surface area contributed by atoms with E-state index in [0.717, 1.165) is 0 Å². The van der Waals surface area contributed by atoms with Crippen LogP contribution in [0.4, 0.5) is 28.9 Å². The lowest BCUT2D eigenvalue weighted by Crippen LogP contribution is -2.03. The molecule has 0 aromatic carbocycles. The van der Waals surface area contributed by atoms with Crippen molar-refractivity contribution in [2.75, 3.05) is 5.32 Å². The number of hydrogen-bond donors (Lipinski definition) is 1. The first kappa shape index (κ1) is 16.4. The average molecular weight is 381 g/mol. The predicted molar refractivity (Wildman–Crippen MR) is 71.6 cm³/mol. The van der Waals surface area contributed by atoms with Crippen LogP contribution in [0.25, 0.3) is 0 Å². The van der Waals surface area contributed by atoms with E-state index < -0.39 is 55.3 Å².